The number of aliphatic hydroxyl groups excluding tert-OH is 12. The number of hydrogen-bond acceptors (Lipinski definition) is 16. The Hall–Kier alpha value is -0.930. The molecule has 0 aromatic carbocycles. The van der Waals surface area contributed by atoms with Crippen LogP contribution in [0.2, 0.25) is 0 Å². The summed E-state index contributed by atoms with van der Waals surface area (Å²) >= 11 is 0. The van der Waals surface area contributed by atoms with Crippen molar-refractivity contribution in [2.45, 2.75) is 92.8 Å². The third kappa shape index (κ3) is 7.53. The van der Waals surface area contributed by atoms with E-state index in [2.05, 4.69) is 0 Å². The number of carbonyl (C=O) groups is 1. The van der Waals surface area contributed by atoms with Crippen LogP contribution in [0.25, 0.3) is 0 Å². The molecule has 0 saturated carbocycles. The van der Waals surface area contributed by atoms with Crippen LogP contribution in [0, 0.1) is 0 Å². The highest BCUT2D eigenvalue weighted by Crippen LogP contribution is 2.28. The van der Waals surface area contributed by atoms with Crippen LogP contribution in [0.4, 0.5) is 0 Å². The van der Waals surface area contributed by atoms with Gasteiger partial charge in [-0.05, 0) is 6.92 Å². The highest BCUT2D eigenvalue weighted by molar-refractivity contribution is 5.56. The molecule has 34 heavy (non-hydrogen) atoms. The van der Waals surface area contributed by atoms with E-state index in [0.717, 1.165) is 0 Å². The Labute approximate surface area is 193 Å². The maximum atomic E-state index is 9.94. The maximum Gasteiger partial charge on any atom is 0.187 e. The Morgan fingerprint density at radius 2 is 1.32 bits per heavy atom. The second kappa shape index (κ2) is 14.0. The molecule has 0 amide bonds. The maximum absolute atomic E-state index is 9.94. The van der Waals surface area contributed by atoms with Crippen LogP contribution in [-0.2, 0) is 19.0 Å². The minimum Gasteiger partial charge on any atom is -0.394 e. The van der Waals surface area contributed by atoms with Gasteiger partial charge in [0, 0.05) is 0 Å². The monoisotopic (exact) mass is 506 g/mol. The van der Waals surface area contributed by atoms with Gasteiger partial charge in [0.15, 0.2) is 18.9 Å². The van der Waals surface area contributed by atoms with Crippen molar-refractivity contribution >= 4 is 6.29 Å². The Kier molecular flexibility index (Phi) is 12.8. The summed E-state index contributed by atoms with van der Waals surface area (Å²) in [6.07, 6.45) is -21.4. The highest BCUT2D eigenvalue weighted by Gasteiger charge is 2.50. The van der Waals surface area contributed by atoms with Crippen molar-refractivity contribution in [3.05, 3.63) is 0 Å². The van der Waals surface area contributed by atoms with Crippen LogP contribution in [0.1, 0.15) is 6.92 Å². The van der Waals surface area contributed by atoms with Crippen LogP contribution in [0.3, 0.4) is 0 Å². The van der Waals surface area contributed by atoms with E-state index in [4.69, 9.17) is 39.7 Å². The molecule has 0 aromatic rings. The van der Waals surface area contributed by atoms with Crippen LogP contribution < -0.4 is 0 Å². The summed E-state index contributed by atoms with van der Waals surface area (Å²) in [7, 11) is 0. The lowest BCUT2D eigenvalue weighted by Gasteiger charge is -2.45. The summed E-state index contributed by atoms with van der Waals surface area (Å²) in [5.74, 6) is 0. The number of aliphatic hydroxyl groups is 12. The zero-order valence-electron chi connectivity index (χ0n) is 18.1. The average Bonchev–Trinajstić information content (AvgIpc) is 2.82. The van der Waals surface area contributed by atoms with Crippen LogP contribution in [0.15, 0.2) is 0 Å². The molecule has 16 nitrogen and oxygen atoms in total. The molecule has 2 rings (SSSR count). The van der Waals surface area contributed by atoms with Gasteiger partial charge in [0.25, 0.3) is 0 Å². The first-order valence-corrected chi connectivity index (χ1v) is 10.3. The Bertz CT molecular complexity index is 590. The fraction of sp³-hybridized carbons (Fsp3) is 0.944. The SMILES string of the molecule is C[C@H](O)[C@H](O)[C@@H](O)[C@@H](O)C=O.OC[C@H]1O[C@@H](O[C@H]2[C@H](O)[C@@H](O)C(O)O[C@@H]2CO)[C@H](O)[C@@H](O)[C@H]1O. The van der Waals surface area contributed by atoms with E-state index in [0.29, 0.717) is 0 Å². The van der Waals surface area contributed by atoms with Crippen molar-refractivity contribution in [1.29, 1.82) is 0 Å². The van der Waals surface area contributed by atoms with Crippen molar-refractivity contribution in [2.24, 2.45) is 0 Å². The number of rotatable bonds is 8. The molecule has 0 radical (unpaired) electrons. The molecule has 0 bridgehead atoms. The van der Waals surface area contributed by atoms with Gasteiger partial charge >= 0.3 is 0 Å². The van der Waals surface area contributed by atoms with Gasteiger partial charge in [-0.1, -0.05) is 0 Å². The number of hydrogen-bond donors (Lipinski definition) is 12. The molecule has 16 heteroatoms. The van der Waals surface area contributed by atoms with Crippen LogP contribution in [0.5, 0.6) is 0 Å². The molecule has 2 aliphatic rings. The first-order chi connectivity index (χ1) is 15.8. The Morgan fingerprint density at radius 3 is 1.79 bits per heavy atom. The summed E-state index contributed by atoms with van der Waals surface area (Å²) in [4.78, 5) is 9.87. The van der Waals surface area contributed by atoms with E-state index in [-0.39, 0.29) is 6.29 Å². The second-order valence-electron chi connectivity index (χ2n) is 7.88. The van der Waals surface area contributed by atoms with E-state index in [1.807, 2.05) is 0 Å². The van der Waals surface area contributed by atoms with E-state index < -0.39 is 99.0 Å². The molecule has 0 spiro atoms. The largest absolute Gasteiger partial charge is 0.394 e. The number of ether oxygens (including phenoxy) is 3. The predicted molar refractivity (Wildman–Crippen MR) is 104 cm³/mol. The van der Waals surface area contributed by atoms with Gasteiger partial charge in [-0.3, -0.25) is 0 Å². The predicted octanol–water partition coefficient (Wildman–Crippen LogP) is -7.75. The second-order valence-corrected chi connectivity index (χ2v) is 7.88. The molecule has 2 aliphatic heterocycles. The fourth-order valence-electron chi connectivity index (χ4n) is 3.14. The van der Waals surface area contributed by atoms with Crippen molar-refractivity contribution in [2.75, 3.05) is 13.2 Å². The molecule has 2 saturated heterocycles. The van der Waals surface area contributed by atoms with E-state index in [1.165, 1.54) is 6.92 Å². The van der Waals surface area contributed by atoms with Gasteiger partial charge in [0.1, 0.15) is 67.1 Å². The lowest BCUT2D eigenvalue weighted by molar-refractivity contribution is -0.355. The smallest absolute Gasteiger partial charge is 0.187 e. The molecule has 2 fully saturated rings. The van der Waals surface area contributed by atoms with Gasteiger partial charge < -0.3 is 80.3 Å². The van der Waals surface area contributed by atoms with Crippen molar-refractivity contribution in [1.82, 2.24) is 0 Å². The molecule has 12 N–H and O–H groups in total. The van der Waals surface area contributed by atoms with Gasteiger partial charge in [0.05, 0.1) is 19.3 Å². The first kappa shape index (κ1) is 31.1. The quantitative estimate of drug-likeness (QED) is 0.136. The van der Waals surface area contributed by atoms with E-state index >= 15 is 0 Å². The van der Waals surface area contributed by atoms with Gasteiger partial charge in [0.2, 0.25) is 0 Å². The highest BCUT2D eigenvalue weighted by atomic mass is 16.7. The summed E-state index contributed by atoms with van der Waals surface area (Å²) < 4.78 is 15.3. The minimum atomic E-state index is -1.74. The minimum absolute atomic E-state index is 0.0935. The van der Waals surface area contributed by atoms with Crippen molar-refractivity contribution in [3.63, 3.8) is 0 Å². The molecule has 202 valence electrons. The number of aldehydes is 1. The normalized spacial score (nSPS) is 42.0. The molecule has 14 atom stereocenters. The van der Waals surface area contributed by atoms with Crippen molar-refractivity contribution in [3.8, 4) is 0 Å². The third-order valence-electron chi connectivity index (χ3n) is 5.31. The lowest BCUT2D eigenvalue weighted by Crippen LogP contribution is -2.64. The zero-order chi connectivity index (χ0) is 26.3. The first-order valence-electron chi connectivity index (χ1n) is 10.3. The third-order valence-corrected chi connectivity index (χ3v) is 5.31. The van der Waals surface area contributed by atoms with Gasteiger partial charge in [-0.2, -0.15) is 0 Å². The molecule has 1 unspecified atom stereocenters. The van der Waals surface area contributed by atoms with E-state index in [9.17, 15) is 40.5 Å². The molecule has 0 aliphatic carbocycles. The molecule has 2 heterocycles. The zero-order valence-corrected chi connectivity index (χ0v) is 18.1. The molecule has 0 aromatic heterocycles. The Balaban J connectivity index is 0.000000445. The number of carbonyl (C=O) groups excluding carboxylic acids is 1. The topological polar surface area (TPSA) is 288 Å². The van der Waals surface area contributed by atoms with Crippen LogP contribution >= 0.6 is 0 Å². The molecular formula is C18H34O16. The standard InChI is InChI=1S/C12H22O11.C6H12O5/c13-1-3-5(15)6(16)9(19)12(22-3)23-10-4(2-14)21-11(20)8(18)7(10)17;1-3(8)5(10)6(11)4(9)2-7/h3-20H,1-2H2;2-6,8-11H,1H3/t3-,4-,5+,6+,7-,8-,9-,10-,11?,12+;3-,4-,5-,6-/m10/s1. The van der Waals surface area contributed by atoms with E-state index in [1.54, 1.807) is 0 Å². The van der Waals surface area contributed by atoms with Gasteiger partial charge in [-0.15, -0.1) is 0 Å². The summed E-state index contributed by atoms with van der Waals surface area (Å²) in [5, 5.41) is 112. The van der Waals surface area contributed by atoms with Crippen LogP contribution in [-0.4, -0.2) is 167 Å². The summed E-state index contributed by atoms with van der Waals surface area (Å²) in [6.45, 7) is -0.104. The fourth-order valence-corrected chi connectivity index (χ4v) is 3.14. The lowest BCUT2D eigenvalue weighted by atomic mass is 9.97. The summed E-state index contributed by atoms with van der Waals surface area (Å²) in [5.41, 5.74) is 0. The van der Waals surface area contributed by atoms with Crippen molar-refractivity contribution < 1.29 is 80.3 Å². The Morgan fingerprint density at radius 1 is 0.765 bits per heavy atom. The van der Waals surface area contributed by atoms with Gasteiger partial charge in [-0.25, -0.2) is 0 Å². The summed E-state index contributed by atoms with van der Waals surface area (Å²) in [6, 6.07) is 0. The molecular weight excluding hydrogens is 472 g/mol. The average molecular weight is 506 g/mol.